The number of carbonyl (C=O) groups excluding carboxylic acids is 1. The maximum atomic E-state index is 12.0. The summed E-state index contributed by atoms with van der Waals surface area (Å²) in [6.07, 6.45) is 6.48. The average molecular weight is 391 g/mol. The van der Waals surface area contributed by atoms with Crippen LogP contribution in [-0.2, 0) is 6.42 Å². The van der Waals surface area contributed by atoms with Crippen LogP contribution >= 0.6 is 0 Å². The maximum Gasteiger partial charge on any atom is 0.253 e. The number of ether oxygens (including phenoxy) is 2. The predicted molar refractivity (Wildman–Crippen MR) is 115 cm³/mol. The number of nitrogens with zero attached hydrogens (tertiary/aromatic N) is 1. The molecule has 6 nitrogen and oxygen atoms in total. The van der Waals surface area contributed by atoms with E-state index < -0.39 is 0 Å². The lowest BCUT2D eigenvalue weighted by Crippen LogP contribution is -2.31. The summed E-state index contributed by atoms with van der Waals surface area (Å²) >= 11 is 0. The standard InChI is InChI=1S/C22H21N3O3.CH4/c1-27-17-9-14(10-18(12-17)28-2)3-4-16-11-15(5-7-23-16)21-13-19-20(25-21)6-8-24-22(19)26;/h3-5,7,9-13,25H,6,8H2,1-2H3,(H,24,26);1H4/b4-3+;. The highest BCUT2D eigenvalue weighted by Crippen LogP contribution is 2.26. The van der Waals surface area contributed by atoms with Gasteiger partial charge in [-0.15, -0.1) is 0 Å². The number of hydrogen-bond acceptors (Lipinski definition) is 4. The molecule has 3 aromatic rings. The molecule has 0 atom stereocenters. The van der Waals surface area contributed by atoms with E-state index in [0.717, 1.165) is 51.7 Å². The molecular weight excluding hydrogens is 366 g/mol. The highest BCUT2D eigenvalue weighted by Gasteiger charge is 2.19. The van der Waals surface area contributed by atoms with Crippen LogP contribution in [0.5, 0.6) is 11.5 Å². The molecule has 0 bridgehead atoms. The van der Waals surface area contributed by atoms with Crippen LogP contribution in [0, 0.1) is 0 Å². The van der Waals surface area contributed by atoms with E-state index >= 15 is 0 Å². The lowest BCUT2D eigenvalue weighted by molar-refractivity contribution is 0.0946. The number of pyridine rings is 1. The molecule has 0 saturated heterocycles. The Labute approximate surface area is 170 Å². The van der Waals surface area contributed by atoms with Gasteiger partial charge in [0.25, 0.3) is 5.91 Å². The molecule has 0 saturated carbocycles. The molecular formula is C23H25N3O3. The highest BCUT2D eigenvalue weighted by molar-refractivity contribution is 5.97. The Morgan fingerprint density at radius 1 is 1.03 bits per heavy atom. The Balaban J connectivity index is 0.00000240. The number of hydrogen-bond donors (Lipinski definition) is 2. The fraction of sp³-hybridized carbons (Fsp3) is 0.217. The van der Waals surface area contributed by atoms with Gasteiger partial charge >= 0.3 is 0 Å². The van der Waals surface area contributed by atoms with Crippen LogP contribution in [0.1, 0.15) is 34.7 Å². The third-order valence-corrected chi connectivity index (χ3v) is 4.72. The minimum Gasteiger partial charge on any atom is -0.497 e. The predicted octanol–water partition coefficient (Wildman–Crippen LogP) is 4.19. The van der Waals surface area contributed by atoms with Gasteiger partial charge in [0, 0.05) is 42.2 Å². The zero-order valence-electron chi connectivity index (χ0n) is 15.8. The Kier molecular flexibility index (Phi) is 6.02. The summed E-state index contributed by atoms with van der Waals surface area (Å²) in [6.45, 7) is 0.667. The number of aromatic amines is 1. The monoisotopic (exact) mass is 391 g/mol. The number of carbonyl (C=O) groups is 1. The van der Waals surface area contributed by atoms with Gasteiger partial charge in [-0.1, -0.05) is 13.5 Å². The van der Waals surface area contributed by atoms with Crippen LogP contribution < -0.4 is 14.8 Å². The van der Waals surface area contributed by atoms with Crippen molar-refractivity contribution in [1.82, 2.24) is 15.3 Å². The van der Waals surface area contributed by atoms with Crippen LogP contribution in [0.2, 0.25) is 0 Å². The minimum atomic E-state index is -0.0232. The number of nitrogens with one attached hydrogen (secondary N) is 2. The van der Waals surface area contributed by atoms with Crippen LogP contribution in [0.3, 0.4) is 0 Å². The lowest BCUT2D eigenvalue weighted by atomic mass is 10.1. The number of H-pyrrole nitrogens is 1. The van der Waals surface area contributed by atoms with Crippen LogP contribution in [0.15, 0.2) is 42.6 Å². The smallest absolute Gasteiger partial charge is 0.253 e. The van der Waals surface area contributed by atoms with Crippen molar-refractivity contribution in [2.24, 2.45) is 0 Å². The van der Waals surface area contributed by atoms with Crippen molar-refractivity contribution in [3.63, 3.8) is 0 Å². The summed E-state index contributed by atoms with van der Waals surface area (Å²) in [5.74, 6) is 1.44. The Hall–Kier alpha value is -3.54. The number of rotatable bonds is 5. The van der Waals surface area contributed by atoms with Gasteiger partial charge in [-0.3, -0.25) is 9.78 Å². The van der Waals surface area contributed by atoms with Crippen LogP contribution in [0.4, 0.5) is 0 Å². The molecule has 29 heavy (non-hydrogen) atoms. The van der Waals surface area contributed by atoms with Gasteiger partial charge in [-0.05, 0) is 42.0 Å². The van der Waals surface area contributed by atoms with Crippen molar-refractivity contribution < 1.29 is 14.3 Å². The molecule has 1 amide bonds. The zero-order valence-corrected chi connectivity index (χ0v) is 15.8. The summed E-state index contributed by atoms with van der Waals surface area (Å²) in [7, 11) is 3.26. The Bertz CT molecular complexity index is 1030. The zero-order chi connectivity index (χ0) is 19.5. The molecule has 0 aliphatic carbocycles. The molecule has 3 heterocycles. The number of methoxy groups -OCH3 is 2. The van der Waals surface area contributed by atoms with Crippen LogP contribution in [0.25, 0.3) is 23.4 Å². The van der Waals surface area contributed by atoms with Crippen molar-refractivity contribution in [2.45, 2.75) is 13.8 Å². The van der Waals surface area contributed by atoms with Gasteiger partial charge < -0.3 is 19.8 Å². The topological polar surface area (TPSA) is 76.2 Å². The first-order valence-electron chi connectivity index (χ1n) is 9.04. The Morgan fingerprint density at radius 3 is 2.48 bits per heavy atom. The van der Waals surface area contributed by atoms with Gasteiger partial charge in [0.05, 0.1) is 25.5 Å². The molecule has 0 spiro atoms. The fourth-order valence-electron chi connectivity index (χ4n) is 3.26. The van der Waals surface area contributed by atoms with Crippen molar-refractivity contribution in [1.29, 1.82) is 0 Å². The highest BCUT2D eigenvalue weighted by atomic mass is 16.5. The quantitative estimate of drug-likeness (QED) is 0.684. The number of benzene rings is 1. The average Bonchev–Trinajstić information content (AvgIpc) is 3.18. The summed E-state index contributed by atoms with van der Waals surface area (Å²) in [5.41, 5.74) is 5.38. The molecule has 1 aliphatic heterocycles. The van der Waals surface area contributed by atoms with Crippen LogP contribution in [-0.4, -0.2) is 36.6 Å². The van der Waals surface area contributed by atoms with E-state index in [1.165, 1.54) is 0 Å². The SMILES string of the molecule is C.COc1cc(/C=C/c2cc(-c3cc4c([nH]3)CCNC4=O)ccn2)cc(OC)c1. The second-order valence-electron chi connectivity index (χ2n) is 6.53. The normalized spacial score (nSPS) is 12.8. The second kappa shape index (κ2) is 8.65. The minimum absolute atomic E-state index is 0. The summed E-state index contributed by atoms with van der Waals surface area (Å²) in [6, 6.07) is 11.5. The van der Waals surface area contributed by atoms with E-state index in [1.807, 2.05) is 48.6 Å². The third-order valence-electron chi connectivity index (χ3n) is 4.72. The van der Waals surface area contributed by atoms with E-state index in [1.54, 1.807) is 20.4 Å². The van der Waals surface area contributed by atoms with E-state index in [4.69, 9.17) is 9.47 Å². The third kappa shape index (κ3) is 4.32. The van der Waals surface area contributed by atoms with E-state index in [0.29, 0.717) is 6.54 Å². The summed E-state index contributed by atoms with van der Waals surface area (Å²) in [4.78, 5) is 19.8. The molecule has 150 valence electrons. The van der Waals surface area contributed by atoms with E-state index in [2.05, 4.69) is 15.3 Å². The first-order valence-corrected chi connectivity index (χ1v) is 9.04. The molecule has 0 radical (unpaired) electrons. The van der Waals surface area contributed by atoms with Gasteiger partial charge in [0.1, 0.15) is 11.5 Å². The van der Waals surface area contributed by atoms with Crippen molar-refractivity contribution in [3.05, 3.63) is 65.1 Å². The summed E-state index contributed by atoms with van der Waals surface area (Å²) < 4.78 is 10.6. The van der Waals surface area contributed by atoms with Crippen molar-refractivity contribution in [3.8, 4) is 22.8 Å². The van der Waals surface area contributed by atoms with Gasteiger partial charge in [0.15, 0.2) is 0 Å². The Morgan fingerprint density at radius 2 is 1.79 bits per heavy atom. The number of amides is 1. The second-order valence-corrected chi connectivity index (χ2v) is 6.53. The van der Waals surface area contributed by atoms with Crippen molar-refractivity contribution in [2.75, 3.05) is 20.8 Å². The van der Waals surface area contributed by atoms with Crippen molar-refractivity contribution >= 4 is 18.1 Å². The summed E-state index contributed by atoms with van der Waals surface area (Å²) in [5, 5.41) is 2.87. The van der Waals surface area contributed by atoms with E-state index in [-0.39, 0.29) is 13.3 Å². The molecule has 2 aromatic heterocycles. The first-order chi connectivity index (χ1) is 13.7. The largest absolute Gasteiger partial charge is 0.497 e. The van der Waals surface area contributed by atoms with Gasteiger partial charge in [0.2, 0.25) is 0 Å². The lowest BCUT2D eigenvalue weighted by Gasteiger charge is -2.10. The molecule has 0 unspecified atom stereocenters. The molecule has 1 aromatic carbocycles. The molecule has 2 N–H and O–H groups in total. The number of fused-ring (bicyclic) bond motifs is 1. The maximum absolute atomic E-state index is 12.0. The number of aromatic nitrogens is 2. The van der Waals surface area contributed by atoms with Gasteiger partial charge in [-0.2, -0.15) is 0 Å². The molecule has 1 aliphatic rings. The van der Waals surface area contributed by atoms with Gasteiger partial charge in [-0.25, -0.2) is 0 Å². The molecule has 0 fully saturated rings. The van der Waals surface area contributed by atoms with E-state index in [9.17, 15) is 4.79 Å². The molecule has 4 rings (SSSR count). The molecule has 6 heteroatoms. The first kappa shape index (κ1) is 20.2. The fourth-order valence-corrected chi connectivity index (χ4v) is 3.26.